The van der Waals surface area contributed by atoms with Crippen molar-refractivity contribution in [3.8, 4) is 44.5 Å². The zero-order chi connectivity index (χ0) is 43.2. The van der Waals surface area contributed by atoms with E-state index in [9.17, 15) is 9.60 Å². The first kappa shape index (κ1) is 22.1. The van der Waals surface area contributed by atoms with Gasteiger partial charge in [-0.15, -0.1) is 0 Å². The average molecular weight is 690 g/mol. The van der Waals surface area contributed by atoms with Gasteiger partial charge < -0.3 is 0 Å². The van der Waals surface area contributed by atoms with E-state index in [1.54, 1.807) is 0 Å². The highest BCUT2D eigenvalue weighted by Gasteiger charge is 2.18. The molecule has 0 heteroatoms. The summed E-state index contributed by atoms with van der Waals surface area (Å²) in [4.78, 5) is 0. The van der Waals surface area contributed by atoms with Crippen LogP contribution in [0, 0.1) is 0 Å². The van der Waals surface area contributed by atoms with Gasteiger partial charge in [0.15, 0.2) is 0 Å². The molecule has 248 valence electrons. The summed E-state index contributed by atoms with van der Waals surface area (Å²) in [5.74, 6) is 0. The summed E-state index contributed by atoms with van der Waals surface area (Å²) in [6.07, 6.45) is 0. The van der Waals surface area contributed by atoms with Crippen LogP contribution in [0.5, 0.6) is 0 Å². The van der Waals surface area contributed by atoms with Gasteiger partial charge in [0.25, 0.3) is 0 Å². The first-order chi connectivity index (χ1) is 30.5. The fourth-order valence-electron chi connectivity index (χ4n) is 8.73. The molecule has 0 aliphatic carbocycles. The van der Waals surface area contributed by atoms with Gasteiger partial charge in [0.1, 0.15) is 0 Å². The molecule has 0 saturated carbocycles. The molecule has 0 amide bonds. The Labute approximate surface area is 325 Å². The molecule has 0 aromatic heterocycles. The fourth-order valence-corrected chi connectivity index (χ4v) is 8.73. The lowest BCUT2D eigenvalue weighted by Gasteiger charge is -2.19. The average Bonchev–Trinajstić information content (AvgIpc) is 3.31. The van der Waals surface area contributed by atoms with E-state index in [1.165, 1.54) is 0 Å². The van der Waals surface area contributed by atoms with Crippen molar-refractivity contribution >= 4 is 75.4 Å². The smallest absolute Gasteiger partial charge is 0.0622 e. The quantitative estimate of drug-likeness (QED) is 0.161. The van der Waals surface area contributed by atoms with Gasteiger partial charge in [-0.3, -0.25) is 0 Å². The standard InChI is InChI=1S/C54H32/c1-2-8-33(9-3-1)49-31-40(24-27-45(49)44-25-20-38-18-16-34-11-6-13-36-22-28-47(44)53(38)51(34)36)42-30-41-10-4-5-15-43(41)50(32-42)46-26-21-39-19-17-35-12-7-14-37-23-29-48(46)54(39)52(35)37/h1-32H/i4D,5D,10D,15D,24D,27D,30D,31D,32D. The van der Waals surface area contributed by atoms with Gasteiger partial charge in [-0.25, -0.2) is 0 Å². The summed E-state index contributed by atoms with van der Waals surface area (Å²) in [7, 11) is 0. The Morgan fingerprint density at radius 1 is 0.259 bits per heavy atom. The lowest BCUT2D eigenvalue weighted by atomic mass is 9.85. The Morgan fingerprint density at radius 3 is 1.41 bits per heavy atom. The molecule has 0 spiro atoms. The highest BCUT2D eigenvalue weighted by molar-refractivity contribution is 6.27. The second-order valence-electron chi connectivity index (χ2n) is 14.1. The molecule has 0 heterocycles. The molecule has 0 bridgehead atoms. The normalized spacial score (nSPS) is 14.4. The first-order valence-corrected chi connectivity index (χ1v) is 18.1. The first-order valence-electron chi connectivity index (χ1n) is 22.6. The largest absolute Gasteiger partial charge is 0.0636 e. The Hall–Kier alpha value is -7.02. The zero-order valence-electron chi connectivity index (χ0n) is 37.8. The molecule has 0 atom stereocenters. The molecule has 0 radical (unpaired) electrons. The van der Waals surface area contributed by atoms with Crippen LogP contribution in [0.3, 0.4) is 0 Å². The van der Waals surface area contributed by atoms with E-state index in [-0.39, 0.29) is 57.7 Å². The lowest BCUT2D eigenvalue weighted by molar-refractivity contribution is 1.58. The van der Waals surface area contributed by atoms with Crippen LogP contribution in [-0.2, 0) is 0 Å². The van der Waals surface area contributed by atoms with Crippen LogP contribution in [0.2, 0.25) is 0 Å². The van der Waals surface area contributed by atoms with Crippen LogP contribution >= 0.6 is 0 Å². The van der Waals surface area contributed by atoms with E-state index >= 15 is 0 Å². The van der Waals surface area contributed by atoms with Crippen LogP contribution in [-0.4, -0.2) is 0 Å². The molecule has 0 saturated heterocycles. The zero-order valence-corrected chi connectivity index (χ0v) is 28.8. The highest BCUT2D eigenvalue weighted by atomic mass is 14.2. The van der Waals surface area contributed by atoms with E-state index in [1.807, 2.05) is 103 Å². The van der Waals surface area contributed by atoms with Gasteiger partial charge in [0.05, 0.1) is 12.3 Å². The van der Waals surface area contributed by atoms with Crippen molar-refractivity contribution in [3.63, 3.8) is 0 Å². The Bertz CT molecular complexity index is 3920. The maximum absolute atomic E-state index is 10.2. The van der Waals surface area contributed by atoms with Gasteiger partial charge >= 0.3 is 0 Å². The molecule has 0 unspecified atom stereocenters. The third kappa shape index (κ3) is 4.26. The van der Waals surface area contributed by atoms with Crippen molar-refractivity contribution < 1.29 is 12.3 Å². The lowest BCUT2D eigenvalue weighted by Crippen LogP contribution is -1.92. The van der Waals surface area contributed by atoms with Crippen LogP contribution in [0.1, 0.15) is 12.3 Å². The third-order valence-electron chi connectivity index (χ3n) is 11.2. The van der Waals surface area contributed by atoms with Gasteiger partial charge in [0, 0.05) is 0 Å². The minimum atomic E-state index is -0.529. The number of hydrogen-bond acceptors (Lipinski definition) is 0. The molecular weight excluding hydrogens is 649 g/mol. The minimum absolute atomic E-state index is 0.0208. The van der Waals surface area contributed by atoms with Crippen molar-refractivity contribution in [2.24, 2.45) is 0 Å². The summed E-state index contributed by atoms with van der Waals surface area (Å²) >= 11 is 0. The Balaban J connectivity index is 1.23. The van der Waals surface area contributed by atoms with Crippen molar-refractivity contribution in [2.75, 3.05) is 0 Å². The summed E-state index contributed by atoms with van der Waals surface area (Å²) in [6, 6.07) is 42.5. The molecule has 12 aromatic carbocycles. The van der Waals surface area contributed by atoms with E-state index in [4.69, 9.17) is 2.74 Å². The number of benzene rings is 12. The molecule has 0 aliphatic heterocycles. The molecule has 12 rings (SSSR count). The molecule has 0 aliphatic rings. The van der Waals surface area contributed by atoms with E-state index < -0.39 is 24.2 Å². The van der Waals surface area contributed by atoms with Gasteiger partial charge in [-0.05, 0) is 138 Å². The topological polar surface area (TPSA) is 0 Å². The molecule has 54 heavy (non-hydrogen) atoms. The Morgan fingerprint density at radius 2 is 0.778 bits per heavy atom. The summed E-state index contributed by atoms with van der Waals surface area (Å²) in [5, 5.41) is 11.8. The van der Waals surface area contributed by atoms with E-state index in [2.05, 4.69) is 36.4 Å². The minimum Gasteiger partial charge on any atom is -0.0622 e. The second-order valence-corrected chi connectivity index (χ2v) is 14.1. The number of hydrogen-bond donors (Lipinski definition) is 0. The van der Waals surface area contributed by atoms with Crippen LogP contribution in [0.15, 0.2) is 194 Å². The van der Waals surface area contributed by atoms with Crippen molar-refractivity contribution in [1.82, 2.24) is 0 Å². The predicted molar refractivity (Wildman–Crippen MR) is 233 cm³/mol. The van der Waals surface area contributed by atoms with Crippen molar-refractivity contribution in [1.29, 1.82) is 0 Å². The summed E-state index contributed by atoms with van der Waals surface area (Å²) in [6.45, 7) is 0. The van der Waals surface area contributed by atoms with Gasteiger partial charge in [-0.1, -0.05) is 176 Å². The SMILES string of the molecule is [2H]c1c([2H])c(-c2ccc3ccc4cccc5ccc2c3c45)c(-c2ccccc2)c([2H])c1-c1c([2H])c(-c2ccc3ccc4cccc5ccc2c3c45)c2c([2H])c([2H])c([2H])c([2H])c2c1[2H]. The molecule has 0 N–H and O–H groups in total. The van der Waals surface area contributed by atoms with E-state index in [0.29, 0.717) is 27.8 Å². The molecule has 0 fully saturated rings. The maximum Gasteiger partial charge on any atom is 0.0636 e. The summed E-state index contributed by atoms with van der Waals surface area (Å²) in [5.41, 5.74) is 2.47. The second kappa shape index (κ2) is 11.2. The molecule has 12 aromatic rings. The number of fused-ring (bicyclic) bond motifs is 1. The third-order valence-corrected chi connectivity index (χ3v) is 11.2. The van der Waals surface area contributed by atoms with Crippen LogP contribution in [0.25, 0.3) is 120 Å². The van der Waals surface area contributed by atoms with Gasteiger partial charge in [0.2, 0.25) is 0 Å². The van der Waals surface area contributed by atoms with Gasteiger partial charge in [-0.2, -0.15) is 0 Å². The van der Waals surface area contributed by atoms with E-state index in [0.717, 1.165) is 64.6 Å². The monoisotopic (exact) mass is 689 g/mol. The van der Waals surface area contributed by atoms with Crippen LogP contribution in [0.4, 0.5) is 0 Å². The predicted octanol–water partition coefficient (Wildman–Crippen LogP) is 15.3. The maximum atomic E-state index is 10.2. The highest BCUT2D eigenvalue weighted by Crippen LogP contribution is 2.45. The molecular formula is C54H32. The van der Waals surface area contributed by atoms with Crippen LogP contribution < -0.4 is 0 Å². The summed E-state index contributed by atoms with van der Waals surface area (Å²) < 4.78 is 85.9. The Kier molecular flexibility index (Phi) is 4.61. The van der Waals surface area contributed by atoms with Crippen molar-refractivity contribution in [2.45, 2.75) is 0 Å². The number of rotatable bonds is 4. The molecule has 0 nitrogen and oxygen atoms in total. The van der Waals surface area contributed by atoms with Crippen molar-refractivity contribution in [3.05, 3.63) is 194 Å². The fraction of sp³-hybridized carbons (Fsp3) is 0.